The van der Waals surface area contributed by atoms with Crippen molar-refractivity contribution in [3.05, 3.63) is 70.2 Å². The van der Waals surface area contributed by atoms with Crippen LogP contribution in [-0.4, -0.2) is 33.2 Å². The molecule has 0 saturated heterocycles. The zero-order valence-corrected chi connectivity index (χ0v) is 19.3. The Hall–Kier alpha value is -3.76. The molecule has 4 N–H and O–H groups in total. The van der Waals surface area contributed by atoms with Gasteiger partial charge in [0.05, 0.1) is 33.6 Å². The highest BCUT2D eigenvalue weighted by molar-refractivity contribution is 7.22. The summed E-state index contributed by atoms with van der Waals surface area (Å²) >= 11 is 2.97. The molecule has 10 heteroatoms. The molecule has 4 aromatic heterocycles. The van der Waals surface area contributed by atoms with Crippen molar-refractivity contribution in [3.63, 3.8) is 0 Å². The molecule has 0 spiro atoms. The maximum absolute atomic E-state index is 13.1. The number of carbonyl (C=O) groups is 2. The van der Waals surface area contributed by atoms with Gasteiger partial charge in [0, 0.05) is 30.7 Å². The van der Waals surface area contributed by atoms with Crippen LogP contribution < -0.4 is 16.4 Å². The second-order valence-electron chi connectivity index (χ2n) is 7.42. The first-order valence-electron chi connectivity index (χ1n) is 10.2. The third-order valence-electron chi connectivity index (χ3n) is 5.32. The number of likely N-dealkylation sites (N-methyl/N-ethyl adjacent to an activating group) is 1. The van der Waals surface area contributed by atoms with Gasteiger partial charge in [-0.05, 0) is 41.3 Å². The number of fused-ring (bicyclic) bond motifs is 2. The molecular formula is C23H20N6O2S2. The molecule has 0 atom stereocenters. The summed E-state index contributed by atoms with van der Waals surface area (Å²) in [7, 11) is 1.60. The summed E-state index contributed by atoms with van der Waals surface area (Å²) in [6, 6.07) is 11.3. The van der Waals surface area contributed by atoms with E-state index in [0.29, 0.717) is 28.6 Å². The largest absolute Gasteiger partial charge is 0.375 e. The summed E-state index contributed by atoms with van der Waals surface area (Å²) in [6.45, 7) is 0.358. The minimum atomic E-state index is -0.238. The molecule has 0 aliphatic heterocycles. The number of thiophene rings is 1. The summed E-state index contributed by atoms with van der Waals surface area (Å²) in [4.78, 5) is 34.3. The number of aromatic nitrogens is 3. The first kappa shape index (κ1) is 21.1. The monoisotopic (exact) mass is 476 g/mol. The van der Waals surface area contributed by atoms with Crippen molar-refractivity contribution in [1.29, 1.82) is 0 Å². The van der Waals surface area contributed by atoms with E-state index >= 15 is 0 Å². The van der Waals surface area contributed by atoms with Crippen LogP contribution >= 0.6 is 22.7 Å². The molecular weight excluding hydrogens is 456 g/mol. The van der Waals surface area contributed by atoms with Crippen LogP contribution in [0.5, 0.6) is 0 Å². The Balaban J connectivity index is 1.47. The van der Waals surface area contributed by atoms with E-state index in [1.807, 2.05) is 45.6 Å². The summed E-state index contributed by atoms with van der Waals surface area (Å²) in [6.07, 6.45) is 1.99. The molecule has 8 nitrogen and oxygen atoms in total. The zero-order valence-electron chi connectivity index (χ0n) is 17.7. The van der Waals surface area contributed by atoms with Crippen molar-refractivity contribution in [2.45, 2.75) is 13.0 Å². The Labute approximate surface area is 197 Å². The number of hydrogen-bond donors (Lipinski definition) is 3. The van der Waals surface area contributed by atoms with Crippen molar-refractivity contribution >= 4 is 55.5 Å². The maximum Gasteiger partial charge on any atom is 0.255 e. The van der Waals surface area contributed by atoms with Gasteiger partial charge in [-0.1, -0.05) is 17.4 Å². The molecule has 0 aliphatic carbocycles. The number of nitrogen functional groups attached to an aromatic ring is 1. The molecule has 0 aliphatic rings. The van der Waals surface area contributed by atoms with E-state index in [9.17, 15) is 9.59 Å². The molecule has 4 heterocycles. The Morgan fingerprint density at radius 2 is 2.06 bits per heavy atom. The zero-order chi connectivity index (χ0) is 22.9. The minimum Gasteiger partial charge on any atom is -0.375 e. The van der Waals surface area contributed by atoms with Crippen molar-refractivity contribution in [2.75, 3.05) is 12.8 Å². The predicted octanol–water partition coefficient (Wildman–Crippen LogP) is 3.47. The van der Waals surface area contributed by atoms with Crippen molar-refractivity contribution in [2.24, 2.45) is 0 Å². The molecule has 2 amide bonds. The summed E-state index contributed by atoms with van der Waals surface area (Å²) < 4.78 is 2.80. The summed E-state index contributed by atoms with van der Waals surface area (Å²) in [5, 5.41) is 10.1. The van der Waals surface area contributed by atoms with E-state index in [0.717, 1.165) is 27.0 Å². The van der Waals surface area contributed by atoms with Gasteiger partial charge in [-0.3, -0.25) is 9.59 Å². The fraction of sp³-hybridized carbons (Fsp3) is 0.130. The second kappa shape index (κ2) is 8.64. The summed E-state index contributed by atoms with van der Waals surface area (Å²) in [5.74, 6) is -0.361. The molecule has 5 aromatic rings. The van der Waals surface area contributed by atoms with Crippen LogP contribution in [0.4, 0.5) is 5.13 Å². The Morgan fingerprint density at radius 3 is 2.85 bits per heavy atom. The maximum atomic E-state index is 13.1. The predicted molar refractivity (Wildman–Crippen MR) is 131 cm³/mol. The van der Waals surface area contributed by atoms with E-state index < -0.39 is 0 Å². The molecule has 33 heavy (non-hydrogen) atoms. The van der Waals surface area contributed by atoms with E-state index in [-0.39, 0.29) is 18.2 Å². The number of nitrogens with zero attached hydrogens (tertiary/aromatic N) is 3. The van der Waals surface area contributed by atoms with E-state index in [4.69, 9.17) is 10.7 Å². The fourth-order valence-corrected chi connectivity index (χ4v) is 5.15. The number of imidazole rings is 1. The minimum absolute atomic E-state index is 0.123. The van der Waals surface area contributed by atoms with Gasteiger partial charge in [0.2, 0.25) is 5.91 Å². The molecule has 0 radical (unpaired) electrons. The highest BCUT2D eigenvalue weighted by Gasteiger charge is 2.21. The molecule has 166 valence electrons. The number of amides is 2. The molecule has 1 aromatic carbocycles. The van der Waals surface area contributed by atoms with Crippen molar-refractivity contribution in [3.8, 4) is 11.3 Å². The second-order valence-corrected chi connectivity index (χ2v) is 9.26. The normalized spacial score (nSPS) is 11.2. The standard InChI is InChI=1S/C23H20N6O2S2/c1-25-19(30)10-17-20(14-6-8-32-12-14)28-21-15(3-2-7-29(17)21)22(31)26-11-13-4-5-16-18(9-13)33-23(24)27-16/h2-9,12H,10-11H2,1H3,(H2,24,27)(H,25,30)(H,26,31). The first-order chi connectivity index (χ1) is 16.0. The molecule has 0 unspecified atom stereocenters. The van der Waals surface area contributed by atoms with E-state index in [1.54, 1.807) is 30.5 Å². The van der Waals surface area contributed by atoms with Crippen LogP contribution in [0.25, 0.3) is 27.1 Å². The number of nitrogens with two attached hydrogens (primary N) is 1. The lowest BCUT2D eigenvalue weighted by atomic mass is 10.1. The number of carbonyl (C=O) groups excluding carboxylic acids is 2. The van der Waals surface area contributed by atoms with Gasteiger partial charge in [-0.15, -0.1) is 0 Å². The average molecular weight is 477 g/mol. The van der Waals surface area contributed by atoms with Crippen LogP contribution in [0.2, 0.25) is 0 Å². The van der Waals surface area contributed by atoms with Crippen LogP contribution in [0, 0.1) is 0 Å². The topological polar surface area (TPSA) is 114 Å². The lowest BCUT2D eigenvalue weighted by molar-refractivity contribution is -0.120. The highest BCUT2D eigenvalue weighted by atomic mass is 32.1. The summed E-state index contributed by atoms with van der Waals surface area (Å²) in [5.41, 5.74) is 10.9. The van der Waals surface area contributed by atoms with Gasteiger partial charge in [-0.25, -0.2) is 9.97 Å². The van der Waals surface area contributed by atoms with Gasteiger partial charge in [-0.2, -0.15) is 11.3 Å². The number of thiazole rings is 1. The Bertz CT molecular complexity index is 1490. The van der Waals surface area contributed by atoms with Crippen LogP contribution in [0.15, 0.2) is 53.4 Å². The van der Waals surface area contributed by atoms with Gasteiger partial charge in [0.25, 0.3) is 5.91 Å². The number of hydrogen-bond acceptors (Lipinski definition) is 7. The van der Waals surface area contributed by atoms with Crippen LogP contribution in [0.3, 0.4) is 0 Å². The van der Waals surface area contributed by atoms with E-state index in [1.165, 1.54) is 11.3 Å². The Kier molecular flexibility index (Phi) is 5.53. The van der Waals surface area contributed by atoms with Crippen LogP contribution in [0.1, 0.15) is 21.6 Å². The SMILES string of the molecule is CNC(=O)Cc1c(-c2ccsc2)nc2c(C(=O)NCc3ccc4nc(N)sc4c3)cccn12. The average Bonchev–Trinajstić information content (AvgIpc) is 3.55. The smallest absolute Gasteiger partial charge is 0.255 e. The first-order valence-corrected chi connectivity index (χ1v) is 12.0. The van der Waals surface area contributed by atoms with Crippen LogP contribution in [-0.2, 0) is 17.8 Å². The van der Waals surface area contributed by atoms with E-state index in [2.05, 4.69) is 15.6 Å². The number of nitrogens with one attached hydrogen (secondary N) is 2. The number of pyridine rings is 1. The van der Waals surface area contributed by atoms with Gasteiger partial charge >= 0.3 is 0 Å². The lowest BCUT2D eigenvalue weighted by Crippen LogP contribution is -2.23. The third-order valence-corrected chi connectivity index (χ3v) is 6.85. The molecule has 0 fully saturated rings. The number of rotatable bonds is 6. The highest BCUT2D eigenvalue weighted by Crippen LogP contribution is 2.28. The van der Waals surface area contributed by atoms with Gasteiger partial charge < -0.3 is 20.8 Å². The van der Waals surface area contributed by atoms with Gasteiger partial charge in [0.1, 0.15) is 0 Å². The molecule has 0 saturated carbocycles. The third kappa shape index (κ3) is 4.06. The fourth-order valence-electron chi connectivity index (χ4n) is 3.71. The van der Waals surface area contributed by atoms with Gasteiger partial charge in [0.15, 0.2) is 10.8 Å². The lowest BCUT2D eigenvalue weighted by Gasteiger charge is -2.08. The number of benzene rings is 1. The van der Waals surface area contributed by atoms with Crippen molar-refractivity contribution < 1.29 is 9.59 Å². The quantitative estimate of drug-likeness (QED) is 0.347. The molecule has 5 rings (SSSR count). The number of anilines is 1. The Morgan fingerprint density at radius 1 is 1.18 bits per heavy atom. The van der Waals surface area contributed by atoms with Crippen molar-refractivity contribution in [1.82, 2.24) is 25.0 Å². The molecule has 0 bridgehead atoms.